The number of nitrogens with one attached hydrogen (secondary N) is 1. The molecule has 1 saturated heterocycles. The maximum Gasteiger partial charge on any atom is 0.318 e. The van der Waals surface area contributed by atoms with E-state index in [1.807, 2.05) is 0 Å². The molecule has 0 bridgehead atoms. The second kappa shape index (κ2) is 8.05. The van der Waals surface area contributed by atoms with Crippen LogP contribution in [0.15, 0.2) is 48.8 Å². The van der Waals surface area contributed by atoms with Gasteiger partial charge in [0.05, 0.1) is 37.7 Å². The van der Waals surface area contributed by atoms with E-state index in [4.69, 9.17) is 9.47 Å². The van der Waals surface area contributed by atoms with Gasteiger partial charge in [-0.1, -0.05) is 12.1 Å². The summed E-state index contributed by atoms with van der Waals surface area (Å²) in [5.74, 6) is -4.52. The number of carbonyl (C=O) groups excluding carboxylic acids is 3. The van der Waals surface area contributed by atoms with Crippen LogP contribution in [-0.2, 0) is 23.9 Å². The molecule has 3 heterocycles. The summed E-state index contributed by atoms with van der Waals surface area (Å²) in [5.41, 5.74) is 0.982. The maximum absolute atomic E-state index is 13.2. The number of nitrogens with zero attached hydrogens (tertiary/aromatic N) is 2. The molecule has 0 amide bonds. The van der Waals surface area contributed by atoms with E-state index in [-0.39, 0.29) is 0 Å². The molecule has 27 heavy (non-hydrogen) atoms. The molecule has 1 aliphatic rings. The number of pyridine rings is 2. The number of carbonyl (C=O) groups is 3. The minimum Gasteiger partial charge on any atom is -0.468 e. The van der Waals surface area contributed by atoms with E-state index in [0.717, 1.165) is 0 Å². The molecular weight excluding hydrogens is 350 g/mol. The van der Waals surface area contributed by atoms with Crippen LogP contribution in [0.25, 0.3) is 0 Å². The van der Waals surface area contributed by atoms with Crippen LogP contribution in [-0.4, -0.2) is 41.9 Å². The third kappa shape index (κ3) is 3.56. The van der Waals surface area contributed by atoms with Gasteiger partial charge >= 0.3 is 11.9 Å². The van der Waals surface area contributed by atoms with Crippen LogP contribution in [0, 0.1) is 11.8 Å². The van der Waals surface area contributed by atoms with E-state index in [9.17, 15) is 14.4 Å². The number of ketones is 1. The topological polar surface area (TPSA) is 107 Å². The highest BCUT2D eigenvalue weighted by molar-refractivity contribution is 6.10. The predicted molar refractivity (Wildman–Crippen MR) is 93.1 cm³/mol. The minimum absolute atomic E-state index is 0.491. The maximum atomic E-state index is 13.2. The first-order chi connectivity index (χ1) is 13.1. The van der Waals surface area contributed by atoms with Gasteiger partial charge in [0.25, 0.3) is 0 Å². The highest BCUT2D eigenvalue weighted by Gasteiger charge is 2.52. The molecule has 0 spiro atoms. The molecule has 2 unspecified atom stereocenters. The average Bonchev–Trinajstić information content (AvgIpc) is 2.73. The molecule has 1 N–H and O–H groups in total. The van der Waals surface area contributed by atoms with E-state index < -0.39 is 41.6 Å². The number of rotatable bonds is 4. The first kappa shape index (κ1) is 18.7. The molecule has 8 nitrogen and oxygen atoms in total. The van der Waals surface area contributed by atoms with Crippen molar-refractivity contribution in [1.82, 2.24) is 15.3 Å². The van der Waals surface area contributed by atoms with Crippen LogP contribution >= 0.6 is 0 Å². The van der Waals surface area contributed by atoms with Crippen LogP contribution in [0.4, 0.5) is 0 Å². The predicted octanol–water partition coefficient (Wildman–Crippen LogP) is 1.01. The Kier molecular flexibility index (Phi) is 5.56. The first-order valence-electron chi connectivity index (χ1n) is 8.35. The SMILES string of the molecule is COC(=O)C1C(=O)C(C(=O)OC)[C@H](c2ccccn2)N[C@@H]1c1ccccn1. The number of hydrogen-bond donors (Lipinski definition) is 1. The van der Waals surface area contributed by atoms with Crippen molar-refractivity contribution < 1.29 is 23.9 Å². The normalized spacial score (nSPS) is 24.9. The van der Waals surface area contributed by atoms with Crippen molar-refractivity contribution in [3.8, 4) is 0 Å². The molecule has 0 saturated carbocycles. The Bertz CT molecular complexity index is 760. The van der Waals surface area contributed by atoms with E-state index >= 15 is 0 Å². The quantitative estimate of drug-likeness (QED) is 0.628. The van der Waals surface area contributed by atoms with Gasteiger partial charge in [-0.3, -0.25) is 29.7 Å². The van der Waals surface area contributed by atoms with Gasteiger partial charge in [0, 0.05) is 12.4 Å². The molecular formula is C19H19N3O5. The van der Waals surface area contributed by atoms with Crippen LogP contribution in [0.3, 0.4) is 0 Å². The summed E-state index contributed by atoms with van der Waals surface area (Å²) >= 11 is 0. The summed E-state index contributed by atoms with van der Waals surface area (Å²) in [7, 11) is 2.40. The number of piperidine rings is 1. The van der Waals surface area contributed by atoms with Gasteiger partial charge in [-0.2, -0.15) is 0 Å². The smallest absolute Gasteiger partial charge is 0.318 e. The lowest BCUT2D eigenvalue weighted by molar-refractivity contribution is -0.161. The van der Waals surface area contributed by atoms with E-state index in [2.05, 4.69) is 15.3 Å². The van der Waals surface area contributed by atoms with Crippen LogP contribution in [0.1, 0.15) is 23.5 Å². The lowest BCUT2D eigenvalue weighted by Crippen LogP contribution is -2.54. The number of methoxy groups -OCH3 is 2. The monoisotopic (exact) mass is 369 g/mol. The molecule has 3 rings (SSSR count). The van der Waals surface area contributed by atoms with Gasteiger partial charge in [-0.25, -0.2) is 0 Å². The van der Waals surface area contributed by atoms with Gasteiger partial charge in [0.15, 0.2) is 5.78 Å². The number of ether oxygens (including phenoxy) is 2. The lowest BCUT2D eigenvalue weighted by atomic mass is 9.76. The van der Waals surface area contributed by atoms with E-state index in [1.54, 1.807) is 48.8 Å². The Hall–Kier alpha value is -3.13. The zero-order chi connectivity index (χ0) is 19.4. The Morgan fingerprint density at radius 2 is 1.30 bits per heavy atom. The molecule has 0 aromatic carbocycles. The van der Waals surface area contributed by atoms with Crippen molar-refractivity contribution in [2.45, 2.75) is 12.1 Å². The van der Waals surface area contributed by atoms with Crippen molar-refractivity contribution in [1.29, 1.82) is 0 Å². The first-order valence-corrected chi connectivity index (χ1v) is 8.35. The molecule has 0 aliphatic carbocycles. The Labute approximate surface area is 155 Å². The van der Waals surface area contributed by atoms with Gasteiger partial charge in [-0.05, 0) is 24.3 Å². The molecule has 2 aromatic heterocycles. The standard InChI is InChI=1S/C19H19N3O5/c1-26-18(24)13-15(11-7-3-5-9-20-11)22-16(12-8-4-6-10-21-12)14(17(13)23)19(25)27-2/h3-10,13-16,22H,1-2H3/t13?,14?,15-,16+. The third-order valence-corrected chi connectivity index (χ3v) is 4.56. The summed E-state index contributed by atoms with van der Waals surface area (Å²) in [4.78, 5) is 46.5. The van der Waals surface area contributed by atoms with E-state index in [1.165, 1.54) is 14.2 Å². The van der Waals surface area contributed by atoms with Crippen molar-refractivity contribution in [3.05, 3.63) is 60.2 Å². The third-order valence-electron chi connectivity index (χ3n) is 4.56. The van der Waals surface area contributed by atoms with Crippen molar-refractivity contribution in [2.75, 3.05) is 14.2 Å². The average molecular weight is 369 g/mol. The number of aromatic nitrogens is 2. The Morgan fingerprint density at radius 1 is 0.852 bits per heavy atom. The minimum atomic E-state index is -1.23. The summed E-state index contributed by atoms with van der Waals surface area (Å²) in [6.45, 7) is 0. The summed E-state index contributed by atoms with van der Waals surface area (Å²) in [5, 5.41) is 3.20. The summed E-state index contributed by atoms with van der Waals surface area (Å²) in [6.07, 6.45) is 3.13. The molecule has 0 radical (unpaired) electrons. The zero-order valence-corrected chi connectivity index (χ0v) is 14.9. The van der Waals surface area contributed by atoms with E-state index in [0.29, 0.717) is 11.4 Å². The molecule has 8 heteroatoms. The fraction of sp³-hybridized carbons (Fsp3) is 0.316. The highest BCUT2D eigenvalue weighted by Crippen LogP contribution is 2.38. The van der Waals surface area contributed by atoms with Gasteiger partial charge in [-0.15, -0.1) is 0 Å². The molecule has 1 aliphatic heterocycles. The van der Waals surface area contributed by atoms with Crippen molar-refractivity contribution in [2.24, 2.45) is 11.8 Å². The van der Waals surface area contributed by atoms with Gasteiger partial charge in [0.1, 0.15) is 11.8 Å². The second-order valence-corrected chi connectivity index (χ2v) is 6.04. The second-order valence-electron chi connectivity index (χ2n) is 6.04. The van der Waals surface area contributed by atoms with Crippen LogP contribution < -0.4 is 5.32 Å². The number of Topliss-reactive ketones (excluding diaryl/α,β-unsaturated/α-hetero) is 1. The van der Waals surface area contributed by atoms with Gasteiger partial charge < -0.3 is 9.47 Å². The van der Waals surface area contributed by atoms with Crippen LogP contribution in [0.5, 0.6) is 0 Å². The molecule has 140 valence electrons. The molecule has 4 atom stereocenters. The number of hydrogen-bond acceptors (Lipinski definition) is 8. The van der Waals surface area contributed by atoms with Crippen molar-refractivity contribution in [3.63, 3.8) is 0 Å². The largest absolute Gasteiger partial charge is 0.468 e. The lowest BCUT2D eigenvalue weighted by Gasteiger charge is -2.38. The summed E-state index contributed by atoms with van der Waals surface area (Å²) < 4.78 is 9.64. The fourth-order valence-electron chi connectivity index (χ4n) is 3.30. The molecule has 2 aromatic rings. The Morgan fingerprint density at radius 3 is 1.63 bits per heavy atom. The van der Waals surface area contributed by atoms with Gasteiger partial charge in [0.2, 0.25) is 0 Å². The molecule has 1 fully saturated rings. The fourth-order valence-corrected chi connectivity index (χ4v) is 3.30. The summed E-state index contributed by atoms with van der Waals surface area (Å²) in [6, 6.07) is 8.85. The highest BCUT2D eigenvalue weighted by atomic mass is 16.5. The number of esters is 2. The Balaban J connectivity index is 2.10. The zero-order valence-electron chi connectivity index (χ0n) is 14.9. The van der Waals surface area contributed by atoms with Crippen LogP contribution in [0.2, 0.25) is 0 Å². The van der Waals surface area contributed by atoms with Crippen molar-refractivity contribution >= 4 is 17.7 Å².